The maximum Gasteiger partial charge on any atom is 0.326 e. The normalized spacial score (nSPS) is 7.83. The minimum atomic E-state index is -0.718. The number of hydrogen-bond acceptors (Lipinski definition) is 2. The van der Waals surface area contributed by atoms with Crippen molar-refractivity contribution in [2.45, 2.75) is 6.92 Å². The second-order valence-corrected chi connectivity index (χ2v) is 2.16. The zero-order valence-electron chi connectivity index (χ0n) is 6.95. The SMILES string of the molecule is Cc1ccccc1.NNC(N)=O. The summed E-state index contributed by atoms with van der Waals surface area (Å²) in [5.74, 6) is 4.45. The number of carbonyl (C=O) groups is 1. The van der Waals surface area contributed by atoms with Crippen LogP contribution in [0.5, 0.6) is 0 Å². The Hall–Kier alpha value is -1.55. The second-order valence-electron chi connectivity index (χ2n) is 2.16. The minimum absolute atomic E-state index is 0.718. The molecule has 0 atom stereocenters. The van der Waals surface area contributed by atoms with E-state index >= 15 is 0 Å². The molecule has 0 fully saturated rings. The van der Waals surface area contributed by atoms with Crippen molar-refractivity contribution in [2.75, 3.05) is 0 Å². The van der Waals surface area contributed by atoms with Crippen LogP contribution in [0.1, 0.15) is 5.56 Å². The second kappa shape index (κ2) is 6.18. The zero-order chi connectivity index (χ0) is 9.40. The molecule has 1 aromatic carbocycles. The number of primary amides is 1. The number of carbonyl (C=O) groups excluding carboxylic acids is 1. The van der Waals surface area contributed by atoms with Gasteiger partial charge in [-0.3, -0.25) is 5.43 Å². The van der Waals surface area contributed by atoms with Crippen LogP contribution in [-0.4, -0.2) is 6.03 Å². The number of nitrogens with one attached hydrogen (secondary N) is 1. The summed E-state index contributed by atoms with van der Waals surface area (Å²) < 4.78 is 0. The number of urea groups is 1. The van der Waals surface area contributed by atoms with Crippen LogP contribution in [0.3, 0.4) is 0 Å². The first kappa shape index (κ1) is 10.4. The molecule has 4 nitrogen and oxygen atoms in total. The number of aryl methyl sites for hydroxylation is 1. The molecular formula is C8H13N3O. The van der Waals surface area contributed by atoms with Crippen molar-refractivity contribution < 1.29 is 4.79 Å². The van der Waals surface area contributed by atoms with Gasteiger partial charge in [-0.25, -0.2) is 10.6 Å². The van der Waals surface area contributed by atoms with Gasteiger partial charge in [0.25, 0.3) is 0 Å². The zero-order valence-corrected chi connectivity index (χ0v) is 6.95. The van der Waals surface area contributed by atoms with Crippen LogP contribution in [0.2, 0.25) is 0 Å². The molecule has 66 valence electrons. The lowest BCUT2D eigenvalue weighted by Gasteiger charge is -1.82. The van der Waals surface area contributed by atoms with Crippen LogP contribution in [0.25, 0.3) is 0 Å². The molecule has 0 aliphatic carbocycles. The number of nitrogens with two attached hydrogens (primary N) is 2. The quantitative estimate of drug-likeness (QED) is 0.299. The molecule has 2 amide bonds. The van der Waals surface area contributed by atoms with E-state index < -0.39 is 6.03 Å². The predicted octanol–water partition coefficient (Wildman–Crippen LogP) is 0.523. The molecule has 0 saturated heterocycles. The van der Waals surface area contributed by atoms with E-state index in [2.05, 4.69) is 30.6 Å². The maximum absolute atomic E-state index is 9.35. The Kier molecular flexibility index (Phi) is 5.38. The van der Waals surface area contributed by atoms with Crippen LogP contribution in [0.4, 0.5) is 4.79 Å². The molecule has 1 aromatic rings. The van der Waals surface area contributed by atoms with E-state index in [4.69, 9.17) is 0 Å². The van der Waals surface area contributed by atoms with Gasteiger partial charge in [-0.15, -0.1) is 0 Å². The van der Waals surface area contributed by atoms with Gasteiger partial charge in [0.2, 0.25) is 0 Å². The van der Waals surface area contributed by atoms with Crippen molar-refractivity contribution in [1.29, 1.82) is 0 Å². The van der Waals surface area contributed by atoms with E-state index in [1.54, 1.807) is 5.43 Å². The predicted molar refractivity (Wildman–Crippen MR) is 48.1 cm³/mol. The number of amides is 2. The van der Waals surface area contributed by atoms with Crippen molar-refractivity contribution in [3.63, 3.8) is 0 Å². The van der Waals surface area contributed by atoms with Crippen molar-refractivity contribution in [2.24, 2.45) is 11.6 Å². The van der Waals surface area contributed by atoms with Crippen LogP contribution in [0.15, 0.2) is 30.3 Å². The first-order chi connectivity index (χ1) is 5.66. The fraction of sp³-hybridized carbons (Fsp3) is 0.125. The summed E-state index contributed by atoms with van der Waals surface area (Å²) in [4.78, 5) is 9.35. The highest BCUT2D eigenvalue weighted by Gasteiger charge is 1.73. The molecular weight excluding hydrogens is 154 g/mol. The fourth-order valence-corrected chi connectivity index (χ4v) is 0.534. The summed E-state index contributed by atoms with van der Waals surface area (Å²) in [6.45, 7) is 2.08. The Morgan fingerprint density at radius 2 is 1.75 bits per heavy atom. The Morgan fingerprint density at radius 1 is 1.33 bits per heavy atom. The molecule has 1 rings (SSSR count). The minimum Gasteiger partial charge on any atom is -0.351 e. The van der Waals surface area contributed by atoms with Crippen LogP contribution in [-0.2, 0) is 0 Å². The van der Waals surface area contributed by atoms with Gasteiger partial charge in [0.1, 0.15) is 0 Å². The van der Waals surface area contributed by atoms with Gasteiger partial charge in [0.05, 0.1) is 0 Å². The highest BCUT2D eigenvalue weighted by Crippen LogP contribution is 1.92. The Morgan fingerprint density at radius 3 is 1.92 bits per heavy atom. The van der Waals surface area contributed by atoms with Crippen molar-refractivity contribution in [3.8, 4) is 0 Å². The summed E-state index contributed by atoms with van der Waals surface area (Å²) in [5, 5.41) is 0. The third kappa shape index (κ3) is 6.57. The molecule has 12 heavy (non-hydrogen) atoms. The summed E-state index contributed by atoms with van der Waals surface area (Å²) >= 11 is 0. The van der Waals surface area contributed by atoms with E-state index in [0.29, 0.717) is 0 Å². The monoisotopic (exact) mass is 167 g/mol. The largest absolute Gasteiger partial charge is 0.351 e. The molecule has 0 spiro atoms. The summed E-state index contributed by atoms with van der Waals surface area (Å²) in [7, 11) is 0. The number of hydrazine groups is 1. The van der Waals surface area contributed by atoms with E-state index in [1.807, 2.05) is 18.2 Å². The van der Waals surface area contributed by atoms with E-state index in [-0.39, 0.29) is 0 Å². The summed E-state index contributed by atoms with van der Waals surface area (Å²) in [6, 6.07) is 9.54. The third-order valence-corrected chi connectivity index (χ3v) is 1.08. The summed E-state index contributed by atoms with van der Waals surface area (Å²) in [6.07, 6.45) is 0. The average Bonchev–Trinajstić information content (AvgIpc) is 2.07. The molecule has 0 aliphatic rings. The van der Waals surface area contributed by atoms with E-state index in [9.17, 15) is 4.79 Å². The van der Waals surface area contributed by atoms with Gasteiger partial charge in [-0.05, 0) is 6.92 Å². The van der Waals surface area contributed by atoms with Crippen molar-refractivity contribution in [1.82, 2.24) is 5.43 Å². The third-order valence-electron chi connectivity index (χ3n) is 1.08. The Bertz CT molecular complexity index is 223. The topological polar surface area (TPSA) is 81.1 Å². The Balaban J connectivity index is 0.000000217. The number of hydrogen-bond donors (Lipinski definition) is 3. The molecule has 5 N–H and O–H groups in total. The number of benzene rings is 1. The van der Waals surface area contributed by atoms with Gasteiger partial charge in [-0.2, -0.15) is 0 Å². The van der Waals surface area contributed by atoms with Crippen LogP contribution >= 0.6 is 0 Å². The van der Waals surface area contributed by atoms with Crippen molar-refractivity contribution >= 4 is 6.03 Å². The van der Waals surface area contributed by atoms with Crippen LogP contribution in [0, 0.1) is 6.92 Å². The molecule has 0 heterocycles. The lowest BCUT2D eigenvalue weighted by Crippen LogP contribution is -2.34. The lowest BCUT2D eigenvalue weighted by molar-refractivity contribution is 0.249. The molecule has 0 aliphatic heterocycles. The highest BCUT2D eigenvalue weighted by atomic mass is 16.2. The van der Waals surface area contributed by atoms with E-state index in [1.165, 1.54) is 5.56 Å². The molecule has 0 radical (unpaired) electrons. The lowest BCUT2D eigenvalue weighted by atomic mass is 10.2. The Labute approximate surface area is 71.5 Å². The maximum atomic E-state index is 9.35. The van der Waals surface area contributed by atoms with Gasteiger partial charge in [0.15, 0.2) is 0 Å². The molecule has 0 bridgehead atoms. The fourth-order valence-electron chi connectivity index (χ4n) is 0.534. The average molecular weight is 167 g/mol. The summed E-state index contributed by atoms with van der Waals surface area (Å²) in [5.41, 5.74) is 7.41. The number of rotatable bonds is 0. The first-order valence-electron chi connectivity index (χ1n) is 3.44. The van der Waals surface area contributed by atoms with Gasteiger partial charge < -0.3 is 5.73 Å². The molecule has 0 aromatic heterocycles. The van der Waals surface area contributed by atoms with Crippen molar-refractivity contribution in [3.05, 3.63) is 35.9 Å². The van der Waals surface area contributed by atoms with Crippen LogP contribution < -0.4 is 17.0 Å². The van der Waals surface area contributed by atoms with Gasteiger partial charge in [-0.1, -0.05) is 35.9 Å². The van der Waals surface area contributed by atoms with Gasteiger partial charge in [0, 0.05) is 0 Å². The molecule has 0 saturated carbocycles. The standard InChI is InChI=1S/C7H8.CH5N3O/c1-7-5-3-2-4-6-7;2-1(5)4-3/h2-6H,1H3;3H2,(H3,2,4,5). The molecule has 4 heteroatoms. The van der Waals surface area contributed by atoms with Gasteiger partial charge >= 0.3 is 6.03 Å². The smallest absolute Gasteiger partial charge is 0.326 e. The van der Waals surface area contributed by atoms with E-state index in [0.717, 1.165) is 0 Å². The molecule has 0 unspecified atom stereocenters. The highest BCUT2D eigenvalue weighted by molar-refractivity contribution is 5.70. The first-order valence-corrected chi connectivity index (χ1v) is 3.44.